The molecular formula is C20H18ClN3O2. The fourth-order valence-electron chi connectivity index (χ4n) is 3.03. The Morgan fingerprint density at radius 1 is 1.23 bits per heavy atom. The number of hydrogen-bond donors (Lipinski definition) is 0. The zero-order chi connectivity index (χ0) is 18.8. The first-order chi connectivity index (χ1) is 12.4. The number of aryl methyl sites for hydroxylation is 1. The Hall–Kier alpha value is -2.84. The molecule has 1 saturated heterocycles. The Morgan fingerprint density at radius 3 is 2.54 bits per heavy atom. The van der Waals surface area contributed by atoms with Crippen molar-refractivity contribution in [3.63, 3.8) is 0 Å². The summed E-state index contributed by atoms with van der Waals surface area (Å²) >= 11 is 6.03. The van der Waals surface area contributed by atoms with E-state index in [0.717, 1.165) is 11.3 Å². The normalized spacial score (nSPS) is 17.2. The number of amides is 2. The second-order valence-electron chi connectivity index (χ2n) is 6.41. The molecule has 0 saturated carbocycles. The van der Waals surface area contributed by atoms with Crippen LogP contribution >= 0.6 is 11.6 Å². The summed E-state index contributed by atoms with van der Waals surface area (Å²) in [6.07, 6.45) is 0. The highest BCUT2D eigenvalue weighted by atomic mass is 35.5. The molecule has 0 unspecified atom stereocenters. The molecule has 132 valence electrons. The summed E-state index contributed by atoms with van der Waals surface area (Å²) in [5, 5.41) is 9.50. The fraction of sp³-hybridized carbons (Fsp3) is 0.250. The molecule has 0 N–H and O–H groups in total. The van der Waals surface area contributed by atoms with Gasteiger partial charge in [0, 0.05) is 28.9 Å². The SMILES string of the molecule is Cc1cc(C(=O)N2CC(=O)N(c3ccc(C#N)cc3)C[C@H]2C)ccc1Cl. The van der Waals surface area contributed by atoms with Gasteiger partial charge in [-0.1, -0.05) is 11.6 Å². The third kappa shape index (κ3) is 3.42. The summed E-state index contributed by atoms with van der Waals surface area (Å²) in [6, 6.07) is 13.9. The molecule has 5 nitrogen and oxygen atoms in total. The van der Waals surface area contributed by atoms with E-state index in [1.807, 2.05) is 13.8 Å². The molecule has 2 aromatic carbocycles. The van der Waals surface area contributed by atoms with Gasteiger partial charge in [-0.3, -0.25) is 9.59 Å². The van der Waals surface area contributed by atoms with E-state index in [9.17, 15) is 9.59 Å². The smallest absolute Gasteiger partial charge is 0.254 e. The minimum atomic E-state index is -0.176. The average Bonchev–Trinajstić information content (AvgIpc) is 2.65. The van der Waals surface area contributed by atoms with Crippen LogP contribution in [0.2, 0.25) is 5.02 Å². The molecule has 1 atom stereocenters. The van der Waals surface area contributed by atoms with Gasteiger partial charge in [0.1, 0.15) is 6.54 Å². The van der Waals surface area contributed by atoms with E-state index in [4.69, 9.17) is 16.9 Å². The molecule has 1 aliphatic heterocycles. The van der Waals surface area contributed by atoms with Gasteiger partial charge in [-0.15, -0.1) is 0 Å². The van der Waals surface area contributed by atoms with E-state index in [-0.39, 0.29) is 24.4 Å². The van der Waals surface area contributed by atoms with Crippen molar-refractivity contribution in [1.29, 1.82) is 5.26 Å². The summed E-state index contributed by atoms with van der Waals surface area (Å²) in [5.41, 5.74) is 2.63. The summed E-state index contributed by atoms with van der Waals surface area (Å²) in [4.78, 5) is 28.7. The monoisotopic (exact) mass is 367 g/mol. The number of piperazine rings is 1. The van der Waals surface area contributed by atoms with Gasteiger partial charge in [0.05, 0.1) is 11.6 Å². The Labute approximate surface area is 157 Å². The van der Waals surface area contributed by atoms with Gasteiger partial charge in [0.15, 0.2) is 0 Å². The number of carbonyl (C=O) groups excluding carboxylic acids is 2. The van der Waals surface area contributed by atoms with Crippen LogP contribution in [-0.2, 0) is 4.79 Å². The summed E-state index contributed by atoms with van der Waals surface area (Å²) < 4.78 is 0. The van der Waals surface area contributed by atoms with Crippen LogP contribution in [0, 0.1) is 18.3 Å². The molecule has 0 bridgehead atoms. The molecule has 0 radical (unpaired) electrons. The zero-order valence-corrected chi connectivity index (χ0v) is 15.3. The molecule has 1 fully saturated rings. The number of anilines is 1. The van der Waals surface area contributed by atoms with Crippen molar-refractivity contribution >= 4 is 29.1 Å². The number of carbonyl (C=O) groups is 2. The molecule has 2 aromatic rings. The van der Waals surface area contributed by atoms with E-state index in [1.165, 1.54) is 0 Å². The number of rotatable bonds is 2. The van der Waals surface area contributed by atoms with Crippen LogP contribution in [0.3, 0.4) is 0 Å². The van der Waals surface area contributed by atoms with Crippen molar-refractivity contribution in [3.8, 4) is 6.07 Å². The lowest BCUT2D eigenvalue weighted by molar-refractivity contribution is -0.121. The quantitative estimate of drug-likeness (QED) is 0.817. The second-order valence-corrected chi connectivity index (χ2v) is 6.82. The second kappa shape index (κ2) is 7.19. The van der Waals surface area contributed by atoms with Crippen molar-refractivity contribution in [3.05, 3.63) is 64.2 Å². The molecule has 6 heteroatoms. The highest BCUT2D eigenvalue weighted by Crippen LogP contribution is 2.23. The lowest BCUT2D eigenvalue weighted by atomic mass is 10.1. The minimum Gasteiger partial charge on any atom is -0.325 e. The molecule has 0 aromatic heterocycles. The number of nitrogens with zero attached hydrogens (tertiary/aromatic N) is 3. The maximum absolute atomic E-state index is 12.8. The Balaban J connectivity index is 1.79. The van der Waals surface area contributed by atoms with Gasteiger partial charge in [-0.2, -0.15) is 5.26 Å². The maximum atomic E-state index is 12.8. The topological polar surface area (TPSA) is 64.4 Å². The molecule has 26 heavy (non-hydrogen) atoms. The van der Waals surface area contributed by atoms with E-state index in [0.29, 0.717) is 22.7 Å². The standard InChI is InChI=1S/C20H18ClN3O2/c1-13-9-16(5-8-18(13)21)20(26)23-12-19(25)24(11-14(23)2)17-6-3-15(10-22)4-7-17/h3-9,14H,11-12H2,1-2H3/t14-/m1/s1. The van der Waals surface area contributed by atoms with Crippen LogP contribution in [0.4, 0.5) is 5.69 Å². The number of halogens is 1. The zero-order valence-electron chi connectivity index (χ0n) is 14.6. The van der Waals surface area contributed by atoms with E-state index in [2.05, 4.69) is 6.07 Å². The molecule has 3 rings (SSSR count). The summed E-state index contributed by atoms with van der Waals surface area (Å²) in [7, 11) is 0. The molecule has 1 aliphatic rings. The molecular weight excluding hydrogens is 350 g/mol. The van der Waals surface area contributed by atoms with Crippen LogP contribution in [0.5, 0.6) is 0 Å². The van der Waals surface area contributed by atoms with Gasteiger partial charge in [-0.25, -0.2) is 0 Å². The highest BCUT2D eigenvalue weighted by molar-refractivity contribution is 6.31. The summed E-state index contributed by atoms with van der Waals surface area (Å²) in [6.45, 7) is 4.19. The lowest BCUT2D eigenvalue weighted by Crippen LogP contribution is -2.57. The molecule has 1 heterocycles. The molecule has 0 spiro atoms. The Morgan fingerprint density at radius 2 is 1.92 bits per heavy atom. The maximum Gasteiger partial charge on any atom is 0.254 e. The van der Waals surface area contributed by atoms with Crippen molar-refractivity contribution in [2.75, 3.05) is 18.0 Å². The van der Waals surface area contributed by atoms with E-state index >= 15 is 0 Å². The lowest BCUT2D eigenvalue weighted by Gasteiger charge is -2.39. The predicted molar refractivity (Wildman–Crippen MR) is 100 cm³/mol. The fourth-order valence-corrected chi connectivity index (χ4v) is 3.15. The van der Waals surface area contributed by atoms with Crippen molar-refractivity contribution in [1.82, 2.24) is 4.90 Å². The average molecular weight is 368 g/mol. The van der Waals surface area contributed by atoms with Gasteiger partial charge < -0.3 is 9.80 Å². The summed E-state index contributed by atoms with van der Waals surface area (Å²) in [5.74, 6) is -0.322. The van der Waals surface area contributed by atoms with Crippen LogP contribution in [0.15, 0.2) is 42.5 Å². The van der Waals surface area contributed by atoms with Crippen LogP contribution in [0.25, 0.3) is 0 Å². The first-order valence-electron chi connectivity index (χ1n) is 8.28. The van der Waals surface area contributed by atoms with Gasteiger partial charge in [0.25, 0.3) is 5.91 Å². The third-order valence-corrected chi connectivity index (χ3v) is 4.98. The van der Waals surface area contributed by atoms with Crippen LogP contribution < -0.4 is 4.90 Å². The van der Waals surface area contributed by atoms with Crippen molar-refractivity contribution < 1.29 is 9.59 Å². The first kappa shape index (κ1) is 18.0. The third-order valence-electron chi connectivity index (χ3n) is 4.56. The van der Waals surface area contributed by atoms with Gasteiger partial charge in [0.2, 0.25) is 5.91 Å². The highest BCUT2D eigenvalue weighted by Gasteiger charge is 2.33. The van der Waals surface area contributed by atoms with E-state index in [1.54, 1.807) is 52.3 Å². The molecule has 0 aliphatic carbocycles. The van der Waals surface area contributed by atoms with Gasteiger partial charge in [-0.05, 0) is 61.9 Å². The minimum absolute atomic E-state index is 0.0156. The predicted octanol–water partition coefficient (Wildman–Crippen LogP) is 3.40. The number of benzene rings is 2. The van der Waals surface area contributed by atoms with E-state index < -0.39 is 0 Å². The first-order valence-corrected chi connectivity index (χ1v) is 8.66. The van der Waals surface area contributed by atoms with Gasteiger partial charge >= 0.3 is 0 Å². The molecule has 2 amide bonds. The number of hydrogen-bond acceptors (Lipinski definition) is 3. The Bertz CT molecular complexity index is 902. The van der Waals surface area contributed by atoms with Crippen molar-refractivity contribution in [2.45, 2.75) is 19.9 Å². The van der Waals surface area contributed by atoms with Crippen LogP contribution in [0.1, 0.15) is 28.4 Å². The number of nitriles is 1. The largest absolute Gasteiger partial charge is 0.325 e. The van der Waals surface area contributed by atoms with Crippen LogP contribution in [-0.4, -0.2) is 35.8 Å². The van der Waals surface area contributed by atoms with Crippen molar-refractivity contribution in [2.24, 2.45) is 0 Å². The Kier molecular flexibility index (Phi) is 4.97.